The van der Waals surface area contributed by atoms with Crippen LogP contribution in [0.1, 0.15) is 39.1 Å². The Hall–Kier alpha value is -4.37. The average molecular weight is 534 g/mol. The number of rotatable bonds is 12. The van der Waals surface area contributed by atoms with Crippen molar-refractivity contribution in [1.82, 2.24) is 4.90 Å². The Morgan fingerprint density at radius 1 is 0.846 bits per heavy atom. The van der Waals surface area contributed by atoms with E-state index in [-0.39, 0.29) is 19.4 Å². The van der Waals surface area contributed by atoms with Crippen molar-refractivity contribution in [3.63, 3.8) is 0 Å². The molecule has 4 rings (SSSR count). The Morgan fingerprint density at radius 3 is 1.90 bits per heavy atom. The van der Waals surface area contributed by atoms with Crippen LogP contribution in [-0.4, -0.2) is 66.9 Å². The second-order valence-electron chi connectivity index (χ2n) is 9.25. The molecule has 2 amide bonds. The zero-order chi connectivity index (χ0) is 28.1. The first-order valence-electron chi connectivity index (χ1n) is 12.5. The number of carbonyl (C=O) groups is 3. The zero-order valence-electron chi connectivity index (χ0n) is 22.0. The molecule has 1 aliphatic heterocycles. The molecular formula is C30H31NO8. The first-order chi connectivity index (χ1) is 18.8. The summed E-state index contributed by atoms with van der Waals surface area (Å²) in [6, 6.07) is 17.7. The Kier molecular flexibility index (Phi) is 8.51. The molecule has 0 aromatic heterocycles. The average Bonchev–Trinajstić information content (AvgIpc) is 3.20. The van der Waals surface area contributed by atoms with E-state index in [0.29, 0.717) is 34.8 Å². The molecule has 0 fully saturated rings. The number of ether oxygens (including phenoxy) is 3. The van der Waals surface area contributed by atoms with E-state index in [1.807, 2.05) is 24.3 Å². The number of fused-ring (bicyclic) bond motifs is 1. The fraction of sp³-hybridized carbons (Fsp3) is 0.300. The standard InChI is InChI=1S/C30H31NO8/c1-37-20-16-25(38-2)27(26(17-20)39-3)19-11-8-18(9-12-19)10-13-24(32)23(30(35)36)14-15-31-28(33)21-6-4-5-7-22(21)29(31)34/h4-9,11-12,16-17,23-24,32H,10,13-15H2,1-3H3,(H,35,36)/t23-,24-/m1/s1. The molecule has 39 heavy (non-hydrogen) atoms. The number of benzene rings is 3. The number of carboxylic acids is 1. The van der Waals surface area contributed by atoms with Gasteiger partial charge in [-0.25, -0.2) is 0 Å². The fourth-order valence-electron chi connectivity index (χ4n) is 4.83. The summed E-state index contributed by atoms with van der Waals surface area (Å²) < 4.78 is 16.4. The van der Waals surface area contributed by atoms with Crippen molar-refractivity contribution in [2.75, 3.05) is 27.9 Å². The highest BCUT2D eigenvalue weighted by Crippen LogP contribution is 2.41. The fourth-order valence-corrected chi connectivity index (χ4v) is 4.83. The van der Waals surface area contributed by atoms with Gasteiger partial charge in [-0.1, -0.05) is 36.4 Å². The maximum Gasteiger partial charge on any atom is 0.309 e. The molecule has 0 spiro atoms. The molecule has 9 nitrogen and oxygen atoms in total. The summed E-state index contributed by atoms with van der Waals surface area (Å²) in [5.41, 5.74) is 3.16. The predicted molar refractivity (Wildman–Crippen MR) is 143 cm³/mol. The van der Waals surface area contributed by atoms with E-state index in [1.54, 1.807) is 57.7 Å². The predicted octanol–water partition coefficient (Wildman–Crippen LogP) is 4.06. The van der Waals surface area contributed by atoms with E-state index in [9.17, 15) is 24.6 Å². The molecule has 204 valence electrons. The molecule has 0 radical (unpaired) electrons. The minimum atomic E-state index is -1.17. The van der Waals surface area contributed by atoms with E-state index in [2.05, 4.69) is 0 Å². The van der Waals surface area contributed by atoms with Crippen molar-refractivity contribution in [2.45, 2.75) is 25.4 Å². The lowest BCUT2D eigenvalue weighted by atomic mass is 9.92. The van der Waals surface area contributed by atoms with Crippen LogP contribution in [0.25, 0.3) is 11.1 Å². The van der Waals surface area contributed by atoms with E-state index in [0.717, 1.165) is 21.6 Å². The van der Waals surface area contributed by atoms with Crippen LogP contribution in [0, 0.1) is 5.92 Å². The van der Waals surface area contributed by atoms with Gasteiger partial charge in [0, 0.05) is 18.7 Å². The number of hydrogen-bond acceptors (Lipinski definition) is 7. The Labute approximate surface area is 226 Å². The van der Waals surface area contributed by atoms with Gasteiger partial charge in [0.15, 0.2) is 0 Å². The number of nitrogens with zero attached hydrogens (tertiary/aromatic N) is 1. The molecule has 0 aliphatic carbocycles. The molecule has 3 aromatic rings. The molecular weight excluding hydrogens is 502 g/mol. The van der Waals surface area contributed by atoms with Crippen LogP contribution in [-0.2, 0) is 11.2 Å². The summed E-state index contributed by atoms with van der Waals surface area (Å²) >= 11 is 0. The summed E-state index contributed by atoms with van der Waals surface area (Å²) in [6.07, 6.45) is -0.556. The van der Waals surface area contributed by atoms with Gasteiger partial charge >= 0.3 is 5.97 Å². The van der Waals surface area contributed by atoms with Crippen LogP contribution in [0.4, 0.5) is 0 Å². The van der Waals surface area contributed by atoms with Crippen molar-refractivity contribution >= 4 is 17.8 Å². The minimum absolute atomic E-state index is 0.0437. The van der Waals surface area contributed by atoms with Crippen molar-refractivity contribution in [3.8, 4) is 28.4 Å². The number of aliphatic hydroxyl groups excluding tert-OH is 1. The highest BCUT2D eigenvalue weighted by atomic mass is 16.5. The van der Waals surface area contributed by atoms with Crippen LogP contribution in [0.5, 0.6) is 17.2 Å². The van der Waals surface area contributed by atoms with Crippen LogP contribution < -0.4 is 14.2 Å². The number of aryl methyl sites for hydroxylation is 1. The maximum absolute atomic E-state index is 12.6. The number of aliphatic hydroxyl groups is 1. The summed E-state index contributed by atoms with van der Waals surface area (Å²) in [5.74, 6) is -1.39. The van der Waals surface area contributed by atoms with Crippen LogP contribution in [0.2, 0.25) is 0 Å². The van der Waals surface area contributed by atoms with Gasteiger partial charge in [0.05, 0.1) is 50.0 Å². The third kappa shape index (κ3) is 5.73. The second kappa shape index (κ2) is 12.0. The van der Waals surface area contributed by atoms with Gasteiger partial charge < -0.3 is 24.4 Å². The third-order valence-electron chi connectivity index (χ3n) is 7.01. The summed E-state index contributed by atoms with van der Waals surface area (Å²) in [7, 11) is 4.71. The van der Waals surface area contributed by atoms with Crippen molar-refractivity contribution < 1.29 is 38.8 Å². The smallest absolute Gasteiger partial charge is 0.309 e. The molecule has 9 heteroatoms. The number of amides is 2. The molecule has 3 aromatic carbocycles. The summed E-state index contributed by atoms with van der Waals surface area (Å²) in [6.45, 7) is -0.0827. The molecule has 1 aliphatic rings. The van der Waals surface area contributed by atoms with Crippen molar-refractivity contribution in [2.24, 2.45) is 5.92 Å². The van der Waals surface area contributed by atoms with Crippen molar-refractivity contribution in [1.29, 1.82) is 0 Å². The Morgan fingerprint density at radius 2 is 1.41 bits per heavy atom. The Balaban J connectivity index is 1.40. The van der Waals surface area contributed by atoms with Gasteiger partial charge in [-0.05, 0) is 42.5 Å². The van der Waals surface area contributed by atoms with Crippen LogP contribution >= 0.6 is 0 Å². The number of aliphatic carboxylic acids is 1. The molecule has 1 heterocycles. The maximum atomic E-state index is 12.6. The molecule has 2 atom stereocenters. The SMILES string of the molecule is COc1cc(OC)c(-c2ccc(CC[C@@H](O)[C@@H](CCN3C(=O)c4ccccc4C3=O)C(=O)O)cc2)c(OC)c1. The zero-order valence-corrected chi connectivity index (χ0v) is 22.0. The molecule has 2 N–H and O–H groups in total. The highest BCUT2D eigenvalue weighted by Gasteiger charge is 2.36. The molecule has 0 bridgehead atoms. The quantitative estimate of drug-likeness (QED) is 0.334. The number of hydrogen-bond donors (Lipinski definition) is 2. The lowest BCUT2D eigenvalue weighted by Crippen LogP contribution is -2.36. The summed E-state index contributed by atoms with van der Waals surface area (Å²) in [5, 5.41) is 20.5. The first-order valence-corrected chi connectivity index (χ1v) is 12.5. The van der Waals surface area contributed by atoms with E-state index in [4.69, 9.17) is 14.2 Å². The Bertz CT molecular complexity index is 1310. The van der Waals surface area contributed by atoms with E-state index in [1.165, 1.54) is 0 Å². The molecule has 0 saturated heterocycles. The normalized spacial score (nSPS) is 14.1. The van der Waals surface area contributed by atoms with Gasteiger partial charge in [-0.3, -0.25) is 19.3 Å². The van der Waals surface area contributed by atoms with E-state index >= 15 is 0 Å². The number of imide groups is 1. The topological polar surface area (TPSA) is 123 Å². The molecule has 0 unspecified atom stereocenters. The van der Waals surface area contributed by atoms with Crippen LogP contribution in [0.3, 0.4) is 0 Å². The first kappa shape index (κ1) is 27.7. The van der Waals surface area contributed by atoms with Crippen LogP contribution in [0.15, 0.2) is 60.7 Å². The lowest BCUT2D eigenvalue weighted by molar-refractivity contribution is -0.146. The number of carboxylic acid groups (broad SMARTS) is 1. The third-order valence-corrected chi connectivity index (χ3v) is 7.01. The minimum Gasteiger partial charge on any atom is -0.496 e. The lowest BCUT2D eigenvalue weighted by Gasteiger charge is -2.22. The van der Waals surface area contributed by atoms with Gasteiger partial charge in [-0.15, -0.1) is 0 Å². The van der Waals surface area contributed by atoms with Gasteiger partial charge in [-0.2, -0.15) is 0 Å². The highest BCUT2D eigenvalue weighted by molar-refractivity contribution is 6.21. The monoisotopic (exact) mass is 533 g/mol. The summed E-state index contributed by atoms with van der Waals surface area (Å²) in [4.78, 5) is 38.1. The molecule has 0 saturated carbocycles. The van der Waals surface area contributed by atoms with Gasteiger partial charge in [0.25, 0.3) is 11.8 Å². The second-order valence-corrected chi connectivity index (χ2v) is 9.25. The van der Waals surface area contributed by atoms with Crippen molar-refractivity contribution in [3.05, 3.63) is 77.4 Å². The van der Waals surface area contributed by atoms with Gasteiger partial charge in [0.1, 0.15) is 17.2 Å². The number of carbonyl (C=O) groups excluding carboxylic acids is 2. The van der Waals surface area contributed by atoms with E-state index < -0.39 is 29.8 Å². The number of methoxy groups -OCH3 is 3. The largest absolute Gasteiger partial charge is 0.496 e. The van der Waals surface area contributed by atoms with Gasteiger partial charge in [0.2, 0.25) is 0 Å².